The molecule has 0 bridgehead atoms. The largest absolute Gasteiger partial charge is 0.368 e. The van der Waals surface area contributed by atoms with Gasteiger partial charge in [0, 0.05) is 91.6 Å². The van der Waals surface area contributed by atoms with E-state index >= 15 is 0 Å². The average Bonchev–Trinajstić information content (AvgIpc) is 1.69. The highest BCUT2D eigenvalue weighted by molar-refractivity contribution is 6.02. The second-order valence-corrected chi connectivity index (χ2v) is 36.7. The molecule has 0 spiro atoms. The number of carbonyl (C=O) groups excluding carboxylic acids is 22. The van der Waals surface area contributed by atoms with Gasteiger partial charge in [-0.3, -0.25) is 105 Å². The summed E-state index contributed by atoms with van der Waals surface area (Å²) in [5.41, 5.74) is 10.8. The van der Waals surface area contributed by atoms with Crippen molar-refractivity contribution in [3.05, 3.63) is 0 Å². The van der Waals surface area contributed by atoms with Gasteiger partial charge in [-0.1, -0.05) is 0 Å². The average molecular weight is 1830 g/mol. The summed E-state index contributed by atoms with van der Waals surface area (Å²) >= 11 is 0. The molecule has 0 saturated carbocycles. The van der Waals surface area contributed by atoms with Crippen LogP contribution < -0.4 is 48.7 Å². The molecule has 14 atom stereocenters. The molecule has 0 aromatic carbocycles. The number of nitrogens with one attached hydrogen (secondary N) is 7. The maximum absolute atomic E-state index is 14.5. The van der Waals surface area contributed by atoms with Crippen molar-refractivity contribution in [3.8, 4) is 0 Å². The summed E-state index contributed by atoms with van der Waals surface area (Å²) in [6.07, 6.45) is 11.1. The van der Waals surface area contributed by atoms with Crippen molar-refractivity contribution in [3.63, 3.8) is 0 Å². The molecule has 14 fully saturated rings. The van der Waals surface area contributed by atoms with Gasteiger partial charge >= 0.3 is 0 Å². The van der Waals surface area contributed by atoms with Crippen LogP contribution >= 0.6 is 0 Å². The Hall–Kier alpha value is -11.7. The van der Waals surface area contributed by atoms with Gasteiger partial charge in [0.25, 0.3) is 0 Å². The van der Waals surface area contributed by atoms with Crippen molar-refractivity contribution in [1.82, 2.24) is 106 Å². The number of carbonyl (C=O) groups is 22. The van der Waals surface area contributed by atoms with Crippen LogP contribution in [-0.2, 0) is 105 Å². The maximum Gasteiger partial charge on any atom is 0.246 e. The summed E-state index contributed by atoms with van der Waals surface area (Å²) in [5, 5.41) is 18.5. The Morgan fingerprint density at radius 3 is 0.435 bits per heavy atom. The third-order valence-corrected chi connectivity index (χ3v) is 29.0. The minimum atomic E-state index is -1.00. The monoisotopic (exact) mass is 1830 g/mol. The quantitative estimate of drug-likeness (QED) is 0.0336. The first-order chi connectivity index (χ1) is 63.0. The first-order valence-corrected chi connectivity index (χ1v) is 47.2. The SMILES string of the molecule is NCC(=O)N1CCC[C@H]1C(=O)N1CCC[C@H]1C(=O)NCC(=O)N1CCC[C@H]1C(=O)N1CCC[C@H]1C(=O)NCC(=O)N1CCC[C@H]1C(=O)N1CCC[C@H]1C(=O)NCC(=O)N1CCC[C@H]1C(=O)N1CCC[C@H]1C(=O)NCC(=O)N1CCC[C@H]1C(=O)N1CCC[C@H]1C(=O)NCC(=O)N1CCC[C@H]1C(=O)N1CCC[C@H]1C(=O)NCC(=O)N1CCC[C@H]1C(=O)N1CCC[C@H]1C(=O)NCC(N)=O. The van der Waals surface area contributed by atoms with Gasteiger partial charge in [-0.25, -0.2) is 0 Å². The van der Waals surface area contributed by atoms with Crippen LogP contribution in [-0.4, -0.2) is 427 Å². The molecule has 0 radical (unpaired) electrons. The Labute approximate surface area is 757 Å². The first kappa shape index (κ1) is 95.4. The lowest BCUT2D eigenvalue weighted by Crippen LogP contribution is -2.57. The van der Waals surface area contributed by atoms with Crippen molar-refractivity contribution in [2.75, 3.05) is 144 Å². The predicted octanol–water partition coefficient (Wildman–Crippen LogP) is -7.88. The molecule has 45 nitrogen and oxygen atoms in total. The van der Waals surface area contributed by atoms with E-state index in [0.29, 0.717) is 142 Å². The van der Waals surface area contributed by atoms with Gasteiger partial charge in [0.05, 0.1) is 52.4 Å². The minimum Gasteiger partial charge on any atom is -0.368 e. The molecule has 14 saturated heterocycles. The van der Waals surface area contributed by atoms with Crippen LogP contribution in [0.4, 0.5) is 0 Å². The fourth-order valence-electron chi connectivity index (χ4n) is 22.4. The summed E-state index contributed by atoms with van der Waals surface area (Å²) in [6.45, 7) is -0.336. The highest BCUT2D eigenvalue weighted by Crippen LogP contribution is 2.34. The van der Waals surface area contributed by atoms with Crippen LogP contribution in [0, 0.1) is 0 Å². The molecule has 0 aliphatic carbocycles. The van der Waals surface area contributed by atoms with E-state index in [0.717, 1.165) is 0 Å². The van der Waals surface area contributed by atoms with Crippen LogP contribution in [0.5, 0.6) is 0 Å². The van der Waals surface area contributed by atoms with Crippen LogP contribution in [0.15, 0.2) is 0 Å². The molecular weight excluding hydrogens is 1710 g/mol. The molecule has 14 rings (SSSR count). The summed E-state index contributed by atoms with van der Waals surface area (Å²) in [4.78, 5) is 322. The first-order valence-electron chi connectivity index (χ1n) is 47.2. The number of nitrogens with zero attached hydrogens (tertiary/aromatic N) is 14. The number of rotatable bonds is 29. The van der Waals surface area contributed by atoms with Gasteiger partial charge in [0.2, 0.25) is 130 Å². The maximum atomic E-state index is 14.5. The van der Waals surface area contributed by atoms with E-state index in [9.17, 15) is 105 Å². The third-order valence-electron chi connectivity index (χ3n) is 29.0. The summed E-state index contributed by atoms with van der Waals surface area (Å²) in [5.74, 6) is -11.5. The zero-order chi connectivity index (χ0) is 93.2. The highest BCUT2D eigenvalue weighted by atomic mass is 16.2. The van der Waals surface area contributed by atoms with Crippen LogP contribution in [0.1, 0.15) is 180 Å². The molecule has 0 aromatic heterocycles. The van der Waals surface area contributed by atoms with Crippen molar-refractivity contribution in [1.29, 1.82) is 0 Å². The van der Waals surface area contributed by atoms with Crippen molar-refractivity contribution in [2.24, 2.45) is 11.5 Å². The van der Waals surface area contributed by atoms with Gasteiger partial charge in [0.15, 0.2) is 0 Å². The zero-order valence-electron chi connectivity index (χ0n) is 74.3. The number of nitrogens with two attached hydrogens (primary N) is 2. The Kier molecular flexibility index (Phi) is 31.1. The van der Waals surface area contributed by atoms with Crippen molar-refractivity contribution < 1.29 is 105 Å². The molecule has 14 heterocycles. The number of hydrogen-bond donors (Lipinski definition) is 9. The number of primary amides is 1. The standard InChI is InChI=1S/C86H125N23O22/c87-43-66(111)96-29-8-22-58(96)80(125)104-37-2-16-52(104)74(119)90-45-68(113)98-31-10-24-60(98)82(127)106-39-4-18-54(106)76(121)92-47-70(115)100-33-12-26-62(100)84(129)108-41-6-20-56(108)78(123)94-49-72(117)102-35-14-28-64(102)86(131)109-42-7-21-57(109)79(124)95-50-71(116)101-34-13-27-63(101)85(130)107-40-5-19-55(107)77(122)93-48-69(114)99-32-11-25-61(99)83(128)105-38-3-17-53(105)75(120)91-46-67(112)97-30-9-23-59(97)81(126)103-36-1-15-51(103)73(118)89-44-65(88)110/h51-64H,1-50,87H2,(H2,88,110)(H,89,118)(H,90,119)(H,91,120)(H,92,121)(H,93,122)(H,94,123)(H,95,124)/t51-,52-,53-,54-,55-,56-,57-,58-,59-,60-,61-,62-,63-,64-/m0/s1. The second kappa shape index (κ2) is 42.7. The van der Waals surface area contributed by atoms with E-state index in [1.807, 2.05) is 0 Å². The van der Waals surface area contributed by atoms with Crippen LogP contribution in [0.3, 0.4) is 0 Å². The lowest BCUT2D eigenvalue weighted by atomic mass is 10.1. The van der Waals surface area contributed by atoms with Gasteiger partial charge in [-0.15, -0.1) is 0 Å². The Morgan fingerprint density at radius 2 is 0.298 bits per heavy atom. The van der Waals surface area contributed by atoms with Gasteiger partial charge in [0.1, 0.15) is 84.6 Å². The second-order valence-electron chi connectivity index (χ2n) is 36.7. The fraction of sp³-hybridized carbons (Fsp3) is 0.744. The molecule has 11 N–H and O–H groups in total. The van der Waals surface area contributed by atoms with E-state index in [-0.39, 0.29) is 155 Å². The van der Waals surface area contributed by atoms with E-state index < -0.39 is 242 Å². The molecule has 14 aliphatic rings. The lowest BCUT2D eigenvalue weighted by Gasteiger charge is -2.33. The van der Waals surface area contributed by atoms with Gasteiger partial charge < -0.3 is 117 Å². The van der Waals surface area contributed by atoms with Gasteiger partial charge in [-0.05, 0) is 180 Å². The molecule has 0 aromatic rings. The predicted molar refractivity (Wildman–Crippen MR) is 456 cm³/mol. The van der Waals surface area contributed by atoms with E-state index in [1.54, 1.807) is 0 Å². The van der Waals surface area contributed by atoms with Crippen LogP contribution in [0.2, 0.25) is 0 Å². The third kappa shape index (κ3) is 20.8. The minimum absolute atomic E-state index is 0.177. The van der Waals surface area contributed by atoms with E-state index in [4.69, 9.17) is 11.5 Å². The van der Waals surface area contributed by atoms with Crippen molar-refractivity contribution in [2.45, 2.75) is 264 Å². The van der Waals surface area contributed by atoms with Crippen molar-refractivity contribution >= 4 is 130 Å². The topological polar surface area (TPSA) is 557 Å². The normalized spacial score (nSPS) is 27.6. The Morgan fingerprint density at radius 1 is 0.176 bits per heavy atom. The summed E-state index contributed by atoms with van der Waals surface area (Å²) < 4.78 is 0. The Bertz CT molecular complexity index is 4380. The fourth-order valence-corrected chi connectivity index (χ4v) is 22.4. The molecular formula is C86H125N23O22. The Balaban J connectivity index is 0.489. The highest BCUT2D eigenvalue weighted by Gasteiger charge is 2.52. The lowest BCUT2D eigenvalue weighted by molar-refractivity contribution is -0.148. The molecule has 14 aliphatic heterocycles. The number of amides is 22. The summed E-state index contributed by atoms with van der Waals surface area (Å²) in [6, 6.07) is -12.9. The number of likely N-dealkylation sites (tertiary alicyclic amines) is 14. The molecule has 716 valence electrons. The van der Waals surface area contributed by atoms with Gasteiger partial charge in [-0.2, -0.15) is 0 Å². The molecule has 22 amide bonds. The van der Waals surface area contributed by atoms with Crippen LogP contribution in [0.25, 0.3) is 0 Å². The molecule has 131 heavy (non-hydrogen) atoms. The van der Waals surface area contributed by atoms with E-state index in [1.165, 1.54) is 68.6 Å². The molecule has 45 heteroatoms. The smallest absolute Gasteiger partial charge is 0.246 e. The summed E-state index contributed by atoms with van der Waals surface area (Å²) in [7, 11) is 0. The zero-order valence-corrected chi connectivity index (χ0v) is 74.3. The van der Waals surface area contributed by atoms with E-state index in [2.05, 4.69) is 37.2 Å². The molecule has 0 unspecified atom stereocenters. The number of hydrogen-bond acceptors (Lipinski definition) is 23.